The Kier molecular flexibility index (Phi) is 14.0. The normalized spacial score (nSPS) is 12.9. The number of halogens is 8. The van der Waals surface area contributed by atoms with Gasteiger partial charge >= 0.3 is 12.5 Å². The first kappa shape index (κ1) is 38.0. The summed E-state index contributed by atoms with van der Waals surface area (Å²) in [6.07, 6.45) is -6.63. The predicted octanol–water partition coefficient (Wildman–Crippen LogP) is 10.7. The zero-order valence-electron chi connectivity index (χ0n) is 25.1. The van der Waals surface area contributed by atoms with E-state index in [4.69, 9.17) is 12.2 Å². The third-order valence-corrected chi connectivity index (χ3v) is 6.53. The lowest BCUT2D eigenvalue weighted by Gasteiger charge is -2.38. The van der Waals surface area contributed by atoms with E-state index in [1.807, 2.05) is 6.08 Å². The van der Waals surface area contributed by atoms with E-state index in [9.17, 15) is 35.1 Å². The van der Waals surface area contributed by atoms with Gasteiger partial charge in [-0.1, -0.05) is 79.8 Å². The average Bonchev–Trinajstić information content (AvgIpc) is 2.96. The Morgan fingerprint density at radius 3 is 2.07 bits per heavy atom. The number of anilines is 1. The van der Waals surface area contributed by atoms with Crippen LogP contribution in [0.3, 0.4) is 0 Å². The summed E-state index contributed by atoms with van der Waals surface area (Å²) in [6, 6.07) is 15.3. The molecule has 46 heavy (non-hydrogen) atoms. The number of allylic oxidation sites excluding steroid dienone is 3. The summed E-state index contributed by atoms with van der Waals surface area (Å²) in [7, 11) is 0. The summed E-state index contributed by atoms with van der Waals surface area (Å²) in [5.41, 5.74) is -1.23. The van der Waals surface area contributed by atoms with Crippen molar-refractivity contribution in [2.75, 3.05) is 5.32 Å². The molecule has 1 unspecified atom stereocenters. The van der Waals surface area contributed by atoms with Gasteiger partial charge in [0.25, 0.3) is 0 Å². The van der Waals surface area contributed by atoms with Crippen LogP contribution in [-0.4, -0.2) is 17.9 Å². The second-order valence-corrected chi connectivity index (χ2v) is 10.4. The van der Waals surface area contributed by atoms with E-state index in [1.54, 1.807) is 25.1 Å². The Morgan fingerprint density at radius 1 is 0.913 bits per heavy atom. The third-order valence-electron chi connectivity index (χ3n) is 6.33. The first-order valence-corrected chi connectivity index (χ1v) is 14.4. The van der Waals surface area contributed by atoms with E-state index in [0.29, 0.717) is 11.1 Å². The van der Waals surface area contributed by atoms with Crippen molar-refractivity contribution in [1.82, 2.24) is 5.32 Å². The lowest BCUT2D eigenvalue weighted by molar-refractivity contribution is -0.274. The number of rotatable bonds is 11. The fourth-order valence-corrected chi connectivity index (χ4v) is 4.72. The summed E-state index contributed by atoms with van der Waals surface area (Å²) in [5, 5.41) is 5.55. The number of nitrogens with one attached hydrogen (secondary N) is 2. The molecule has 0 amide bonds. The molecule has 0 spiro atoms. The summed E-state index contributed by atoms with van der Waals surface area (Å²) in [5.74, 6) is -0.552. The van der Waals surface area contributed by atoms with Crippen LogP contribution in [0.1, 0.15) is 48.9 Å². The van der Waals surface area contributed by atoms with E-state index in [-0.39, 0.29) is 28.3 Å². The lowest BCUT2D eigenvalue weighted by atomic mass is 9.77. The van der Waals surface area contributed by atoms with E-state index < -0.39 is 42.2 Å². The van der Waals surface area contributed by atoms with E-state index in [2.05, 4.69) is 35.5 Å². The van der Waals surface area contributed by atoms with Gasteiger partial charge in [-0.05, 0) is 72.6 Å². The summed E-state index contributed by atoms with van der Waals surface area (Å²) in [6.45, 7) is 11.3. The van der Waals surface area contributed by atoms with Gasteiger partial charge in [0.15, 0.2) is 5.11 Å². The molecule has 248 valence electrons. The van der Waals surface area contributed by atoms with Crippen LogP contribution in [0.2, 0.25) is 0 Å². The summed E-state index contributed by atoms with van der Waals surface area (Å²) < 4.78 is 110. The molecule has 0 aliphatic heterocycles. The van der Waals surface area contributed by atoms with Gasteiger partial charge in [-0.2, -0.15) is 13.2 Å². The number of alkyl halides is 8. The smallest absolute Gasteiger partial charge is 0.406 e. The van der Waals surface area contributed by atoms with Gasteiger partial charge < -0.3 is 15.4 Å². The number of hydrogen-bond donors (Lipinski definition) is 2. The third kappa shape index (κ3) is 12.0. The van der Waals surface area contributed by atoms with Gasteiger partial charge in [0.2, 0.25) is 6.43 Å². The molecule has 3 rings (SSSR count). The molecule has 0 heterocycles. The Labute approximate surface area is 268 Å². The van der Waals surface area contributed by atoms with Gasteiger partial charge in [0, 0.05) is 18.5 Å². The molecule has 0 aromatic heterocycles. The highest BCUT2D eigenvalue weighted by molar-refractivity contribution is 7.80. The first-order chi connectivity index (χ1) is 21.5. The molecular formula is C34H34F8N2OS. The van der Waals surface area contributed by atoms with Crippen molar-refractivity contribution >= 4 is 23.0 Å². The lowest BCUT2D eigenvalue weighted by Crippen LogP contribution is -2.48. The quantitative estimate of drug-likeness (QED) is 0.0921. The number of benzene rings is 3. The van der Waals surface area contributed by atoms with Crippen LogP contribution in [0.15, 0.2) is 110 Å². The van der Waals surface area contributed by atoms with Gasteiger partial charge in [-0.15, -0.1) is 19.8 Å². The fraction of sp³-hybridized carbons (Fsp3) is 0.265. The molecule has 3 aromatic carbocycles. The highest BCUT2D eigenvalue weighted by Crippen LogP contribution is 2.39. The zero-order valence-corrected chi connectivity index (χ0v) is 25.9. The molecule has 0 saturated heterocycles. The number of thiocarbonyl (C=S) groups is 1. The average molecular weight is 671 g/mol. The molecule has 12 heteroatoms. The maximum Gasteiger partial charge on any atom is 0.573 e. The molecule has 0 aliphatic carbocycles. The monoisotopic (exact) mass is 670 g/mol. The Morgan fingerprint density at radius 2 is 1.50 bits per heavy atom. The Hall–Kier alpha value is -4.19. The van der Waals surface area contributed by atoms with E-state index >= 15 is 0 Å². The van der Waals surface area contributed by atoms with Gasteiger partial charge in [-0.3, -0.25) is 0 Å². The van der Waals surface area contributed by atoms with Crippen molar-refractivity contribution in [3.8, 4) is 5.75 Å². The number of ether oxygens (including phenoxy) is 1. The van der Waals surface area contributed by atoms with Crippen molar-refractivity contribution < 1.29 is 39.9 Å². The molecular weight excluding hydrogens is 636 g/mol. The SMILES string of the molecule is C=C(/C=C\C)CC(NC(=S)Nc1cccc(C(F)(F)F)c1)(c1cccc(CC(F)F)c1)c1cccc(OC(F)(F)F)c1.C=CCC. The Balaban J connectivity index is 0.00000173. The van der Waals surface area contributed by atoms with Gasteiger partial charge in [0.1, 0.15) is 5.75 Å². The highest BCUT2D eigenvalue weighted by Gasteiger charge is 2.38. The minimum absolute atomic E-state index is 0.0101. The standard InChI is InChI=1S/C30H26F8N2OS.C4H8/c1-3-7-19(2)18-28(21-9-4-8-20(14-21)15-26(31)32,22-10-6-13-25(17-22)41-30(36,37)38)40-27(42)39-24-12-5-11-23(16-24)29(33,34)35;1-3-4-2/h3-14,16-17,26H,2,15,18H2,1H3,(H2,39,40,42);3H,1,4H2,2H3/b7-3-;. The maximum atomic E-state index is 13.3. The minimum atomic E-state index is -5.00. The number of hydrogen-bond acceptors (Lipinski definition) is 2. The van der Waals surface area contributed by atoms with Crippen LogP contribution in [0.5, 0.6) is 5.75 Å². The van der Waals surface area contributed by atoms with Crippen LogP contribution < -0.4 is 15.4 Å². The predicted molar refractivity (Wildman–Crippen MR) is 170 cm³/mol. The van der Waals surface area contributed by atoms with Crippen LogP contribution >= 0.6 is 12.2 Å². The van der Waals surface area contributed by atoms with Crippen LogP contribution in [0.25, 0.3) is 0 Å². The van der Waals surface area contributed by atoms with E-state index in [1.165, 1.54) is 42.5 Å². The van der Waals surface area contributed by atoms with Crippen molar-refractivity contribution in [1.29, 1.82) is 0 Å². The van der Waals surface area contributed by atoms with Crippen molar-refractivity contribution in [2.24, 2.45) is 0 Å². The summed E-state index contributed by atoms with van der Waals surface area (Å²) >= 11 is 5.48. The molecule has 3 nitrogen and oxygen atoms in total. The Bertz CT molecular complexity index is 1500. The molecule has 1 atom stereocenters. The second-order valence-electron chi connectivity index (χ2n) is 9.97. The van der Waals surface area contributed by atoms with Gasteiger partial charge in [0.05, 0.1) is 11.1 Å². The molecule has 0 fully saturated rings. The molecule has 3 aromatic rings. The van der Waals surface area contributed by atoms with Crippen molar-refractivity contribution in [3.63, 3.8) is 0 Å². The van der Waals surface area contributed by atoms with Crippen LogP contribution in [0.4, 0.5) is 40.8 Å². The molecule has 2 N–H and O–H groups in total. The highest BCUT2D eigenvalue weighted by atomic mass is 32.1. The fourth-order valence-electron chi connectivity index (χ4n) is 4.42. The van der Waals surface area contributed by atoms with Crippen LogP contribution in [-0.2, 0) is 18.1 Å². The van der Waals surface area contributed by atoms with Crippen LogP contribution in [0, 0.1) is 0 Å². The van der Waals surface area contributed by atoms with Gasteiger partial charge in [-0.25, -0.2) is 8.78 Å². The largest absolute Gasteiger partial charge is 0.573 e. The minimum Gasteiger partial charge on any atom is -0.406 e. The molecule has 0 aliphatic rings. The first-order valence-electron chi connectivity index (χ1n) is 13.9. The zero-order chi connectivity index (χ0) is 34.5. The second kappa shape index (κ2) is 16.9. The maximum absolute atomic E-state index is 13.3. The van der Waals surface area contributed by atoms with Crippen molar-refractivity contribution in [3.05, 3.63) is 132 Å². The topological polar surface area (TPSA) is 33.3 Å². The van der Waals surface area contributed by atoms with Crippen molar-refractivity contribution in [2.45, 2.75) is 57.6 Å². The molecule has 0 bridgehead atoms. The summed E-state index contributed by atoms with van der Waals surface area (Å²) in [4.78, 5) is 0. The molecule has 0 saturated carbocycles. The van der Waals surface area contributed by atoms with E-state index in [0.717, 1.165) is 30.7 Å². The molecule has 0 radical (unpaired) electrons.